The molecule has 2 saturated heterocycles. The lowest BCUT2D eigenvalue weighted by atomic mass is 9.89. The molecule has 2 aliphatic heterocycles. The third-order valence-corrected chi connectivity index (χ3v) is 6.56. The Hall–Kier alpha value is -2.61. The number of likely N-dealkylation sites (tertiary alicyclic amines) is 2. The third kappa shape index (κ3) is 3.64. The molecule has 0 saturated carbocycles. The second-order valence-electron chi connectivity index (χ2n) is 9.09. The Morgan fingerprint density at radius 3 is 2.47 bits per heavy atom. The van der Waals surface area contributed by atoms with Crippen LogP contribution in [0.1, 0.15) is 40.5 Å². The Balaban J connectivity index is 1.91. The lowest BCUT2D eigenvalue weighted by Gasteiger charge is -2.50. The number of carboxylic acid groups (broad SMARTS) is 1. The lowest BCUT2D eigenvalue weighted by Crippen LogP contribution is -2.73. The van der Waals surface area contributed by atoms with Gasteiger partial charge in [0.15, 0.2) is 6.04 Å². The van der Waals surface area contributed by atoms with E-state index in [-0.39, 0.29) is 31.1 Å². The van der Waals surface area contributed by atoms with Gasteiger partial charge < -0.3 is 20.1 Å². The smallest absolute Gasteiger partial charge is 0.462 e. The van der Waals surface area contributed by atoms with Crippen molar-refractivity contribution in [3.63, 3.8) is 0 Å². The van der Waals surface area contributed by atoms with E-state index in [0.29, 0.717) is 25.1 Å². The predicted octanol–water partition coefficient (Wildman–Crippen LogP) is 3.54. The number of carbonyl (C=O) groups is 3. The van der Waals surface area contributed by atoms with E-state index in [0.717, 1.165) is 0 Å². The summed E-state index contributed by atoms with van der Waals surface area (Å²) >= 11 is 0. The summed E-state index contributed by atoms with van der Waals surface area (Å²) in [7, 11) is 0. The number of piperidine rings is 1. The maximum absolute atomic E-state index is 12.9. The molecule has 2 aliphatic rings. The summed E-state index contributed by atoms with van der Waals surface area (Å²) in [6, 6.07) is 7.76. The fourth-order valence-electron chi connectivity index (χ4n) is 5.34. The van der Waals surface area contributed by atoms with E-state index in [2.05, 4.69) is 5.32 Å². The SMILES string of the molecule is CCOC(=O)[C@@H]1C[C@@H]2CCN(C(=O)Nc3ccccc3)C[C@@H]2[N+]1(C(=O)O)C(C)(C)C. The number of nitrogens with zero attached hydrogens (tertiary/aromatic N) is 2. The van der Waals surface area contributed by atoms with Gasteiger partial charge in [-0.25, -0.2) is 14.1 Å². The Morgan fingerprint density at radius 1 is 1.23 bits per heavy atom. The molecule has 2 N–H and O–H groups in total. The molecule has 0 spiro atoms. The van der Waals surface area contributed by atoms with E-state index in [1.807, 2.05) is 51.1 Å². The normalized spacial score (nSPS) is 28.5. The first-order valence-corrected chi connectivity index (χ1v) is 10.5. The van der Waals surface area contributed by atoms with E-state index in [4.69, 9.17) is 4.74 Å². The molecule has 0 radical (unpaired) electrons. The molecular formula is C22H32N3O5+. The van der Waals surface area contributed by atoms with Crippen molar-refractivity contribution in [2.24, 2.45) is 5.92 Å². The van der Waals surface area contributed by atoms with Crippen LogP contribution < -0.4 is 5.32 Å². The van der Waals surface area contributed by atoms with E-state index in [1.165, 1.54) is 0 Å². The number of ether oxygens (including phenoxy) is 1. The highest BCUT2D eigenvalue weighted by molar-refractivity contribution is 5.89. The van der Waals surface area contributed by atoms with Crippen LogP contribution in [0, 0.1) is 5.92 Å². The van der Waals surface area contributed by atoms with Gasteiger partial charge in [-0.3, -0.25) is 0 Å². The fraction of sp³-hybridized carbons (Fsp3) is 0.591. The molecule has 4 atom stereocenters. The zero-order valence-electron chi connectivity index (χ0n) is 18.1. The number of carbonyl (C=O) groups excluding carboxylic acids is 2. The number of quaternary nitrogens is 1. The monoisotopic (exact) mass is 418 g/mol. The molecule has 1 aromatic rings. The van der Waals surface area contributed by atoms with Gasteiger partial charge in [0.2, 0.25) is 0 Å². The summed E-state index contributed by atoms with van der Waals surface area (Å²) in [5.74, 6) is -0.431. The average Bonchev–Trinajstić information content (AvgIpc) is 3.04. The van der Waals surface area contributed by atoms with E-state index in [1.54, 1.807) is 11.8 Å². The van der Waals surface area contributed by atoms with Crippen LogP contribution in [-0.4, -0.2) is 69.9 Å². The summed E-state index contributed by atoms with van der Waals surface area (Å²) in [6.07, 6.45) is 0.0752. The Morgan fingerprint density at radius 2 is 1.90 bits per heavy atom. The number of para-hydroxylation sites is 1. The van der Waals surface area contributed by atoms with Crippen molar-refractivity contribution < 1.29 is 28.7 Å². The number of urea groups is 1. The molecule has 30 heavy (non-hydrogen) atoms. The molecule has 8 nitrogen and oxygen atoms in total. The minimum Gasteiger partial charge on any atom is -0.462 e. The quantitative estimate of drug-likeness (QED) is 0.578. The molecule has 1 aromatic carbocycles. The van der Waals surface area contributed by atoms with Crippen LogP contribution in [0.4, 0.5) is 15.3 Å². The number of anilines is 1. The van der Waals surface area contributed by atoms with Crippen molar-refractivity contribution in [1.29, 1.82) is 0 Å². The lowest BCUT2D eigenvalue weighted by molar-refractivity contribution is -0.930. The number of benzene rings is 1. The molecule has 1 unspecified atom stereocenters. The molecule has 3 amide bonds. The topological polar surface area (TPSA) is 95.9 Å². The second kappa shape index (κ2) is 8.26. The van der Waals surface area contributed by atoms with Gasteiger partial charge in [-0.15, -0.1) is 0 Å². The number of hydrogen-bond acceptors (Lipinski definition) is 4. The van der Waals surface area contributed by atoms with Gasteiger partial charge in [0.25, 0.3) is 0 Å². The maximum Gasteiger partial charge on any atom is 0.514 e. The van der Waals surface area contributed by atoms with Gasteiger partial charge in [0.05, 0.1) is 13.2 Å². The highest BCUT2D eigenvalue weighted by Gasteiger charge is 2.69. The van der Waals surface area contributed by atoms with Crippen LogP contribution >= 0.6 is 0 Å². The molecule has 0 aliphatic carbocycles. The van der Waals surface area contributed by atoms with Crippen LogP contribution in [0.2, 0.25) is 0 Å². The Labute approximate surface area is 177 Å². The third-order valence-electron chi connectivity index (χ3n) is 6.56. The van der Waals surface area contributed by atoms with Gasteiger partial charge in [0.1, 0.15) is 11.6 Å². The maximum atomic E-state index is 12.9. The van der Waals surface area contributed by atoms with Crippen LogP contribution in [-0.2, 0) is 9.53 Å². The molecular weight excluding hydrogens is 386 g/mol. The second-order valence-corrected chi connectivity index (χ2v) is 9.09. The van der Waals surface area contributed by atoms with E-state index in [9.17, 15) is 19.5 Å². The number of nitrogens with one attached hydrogen (secondary N) is 1. The minimum absolute atomic E-state index is 0.0375. The van der Waals surface area contributed by atoms with Crippen LogP contribution in [0.5, 0.6) is 0 Å². The van der Waals surface area contributed by atoms with Crippen molar-refractivity contribution >= 4 is 23.8 Å². The summed E-state index contributed by atoms with van der Waals surface area (Å²) < 4.78 is 4.86. The van der Waals surface area contributed by atoms with Crippen molar-refractivity contribution in [3.05, 3.63) is 30.3 Å². The number of amides is 3. The van der Waals surface area contributed by atoms with Gasteiger partial charge >= 0.3 is 18.1 Å². The fourth-order valence-corrected chi connectivity index (χ4v) is 5.34. The zero-order chi connectivity index (χ0) is 22.1. The predicted molar refractivity (Wildman–Crippen MR) is 112 cm³/mol. The number of esters is 1. The van der Waals surface area contributed by atoms with E-state index >= 15 is 0 Å². The minimum atomic E-state index is -1.04. The van der Waals surface area contributed by atoms with Crippen LogP contribution in [0.3, 0.4) is 0 Å². The Kier molecular flexibility index (Phi) is 6.08. The van der Waals surface area contributed by atoms with Gasteiger partial charge in [-0.1, -0.05) is 18.2 Å². The first-order valence-electron chi connectivity index (χ1n) is 10.5. The van der Waals surface area contributed by atoms with Gasteiger partial charge in [-0.05, 0) is 46.2 Å². The standard InChI is InChI=1S/C22H31N3O5/c1-5-30-19(26)17-13-15-11-12-24(20(27)23-16-9-7-6-8-10-16)14-18(15)25(17,21(28)29)22(2,3)4/h6-10,15,17-18H,5,11-14H2,1-4H3,(H-,23,27,28,29)/p+1/t15-,17-,18-,25?/m0/s1. The number of fused-ring (bicyclic) bond motifs is 1. The Bertz CT molecular complexity index is 807. The molecule has 0 bridgehead atoms. The van der Waals surface area contributed by atoms with E-state index < -0.39 is 28.1 Å². The average molecular weight is 419 g/mol. The molecule has 0 aromatic heterocycles. The van der Waals surface area contributed by atoms with Crippen molar-refractivity contribution in [3.8, 4) is 0 Å². The first-order chi connectivity index (χ1) is 14.1. The summed E-state index contributed by atoms with van der Waals surface area (Å²) in [6.45, 7) is 8.28. The van der Waals surface area contributed by atoms with Crippen molar-refractivity contribution in [1.82, 2.24) is 4.90 Å². The highest BCUT2D eigenvalue weighted by atomic mass is 16.5. The molecule has 8 heteroatoms. The van der Waals surface area contributed by atoms with Crippen LogP contribution in [0.25, 0.3) is 0 Å². The summed E-state index contributed by atoms with van der Waals surface area (Å²) in [5, 5.41) is 13.3. The summed E-state index contributed by atoms with van der Waals surface area (Å²) in [4.78, 5) is 40.1. The zero-order valence-corrected chi connectivity index (χ0v) is 18.1. The molecule has 3 rings (SSSR count). The number of rotatable bonds is 3. The largest absolute Gasteiger partial charge is 0.514 e. The van der Waals surface area contributed by atoms with Crippen molar-refractivity contribution in [2.45, 2.75) is 58.2 Å². The van der Waals surface area contributed by atoms with Gasteiger partial charge in [0, 0.05) is 24.6 Å². The molecule has 2 heterocycles. The highest BCUT2D eigenvalue weighted by Crippen LogP contribution is 2.48. The van der Waals surface area contributed by atoms with Gasteiger partial charge in [-0.2, -0.15) is 4.79 Å². The molecule has 164 valence electrons. The number of hydrogen-bond donors (Lipinski definition) is 2. The van der Waals surface area contributed by atoms with Crippen LogP contribution in [0.15, 0.2) is 30.3 Å². The molecule has 2 fully saturated rings. The van der Waals surface area contributed by atoms with Crippen molar-refractivity contribution in [2.75, 3.05) is 25.0 Å². The summed E-state index contributed by atoms with van der Waals surface area (Å²) in [5.41, 5.74) is -0.0584. The first kappa shape index (κ1) is 22.1.